The van der Waals surface area contributed by atoms with Crippen LogP contribution in [0.1, 0.15) is 24.5 Å². The fourth-order valence-corrected chi connectivity index (χ4v) is 3.14. The summed E-state index contributed by atoms with van der Waals surface area (Å²) in [6.45, 7) is 1.79. The fraction of sp³-hybridized carbons (Fsp3) is 0.235. The number of anilines is 1. The molecule has 0 bridgehead atoms. The van der Waals surface area contributed by atoms with Crippen molar-refractivity contribution in [1.29, 1.82) is 0 Å². The molecule has 0 fully saturated rings. The summed E-state index contributed by atoms with van der Waals surface area (Å²) in [5.74, 6) is 0.437. The molecule has 0 unspecified atom stereocenters. The van der Waals surface area contributed by atoms with Crippen LogP contribution in [0.4, 0.5) is 10.1 Å². The number of nitrogens with one attached hydrogen (secondary N) is 1. The molecular weight excluding hydrogens is 311 g/mol. The summed E-state index contributed by atoms with van der Waals surface area (Å²) in [6.07, 6.45) is 5.94. The Labute approximate surface area is 139 Å². The highest BCUT2D eigenvalue weighted by atomic mass is 32.1. The summed E-state index contributed by atoms with van der Waals surface area (Å²) >= 11 is 4.82. The molecule has 118 valence electrons. The fourth-order valence-electron chi connectivity index (χ4n) is 3.01. The van der Waals surface area contributed by atoms with Crippen LogP contribution in [-0.2, 0) is 12.8 Å². The van der Waals surface area contributed by atoms with E-state index in [1.54, 1.807) is 25.4 Å². The summed E-state index contributed by atoms with van der Waals surface area (Å²) in [6, 6.07) is 5.30. The number of aromatic nitrogens is 1. The molecule has 1 heterocycles. The maximum absolute atomic E-state index is 14.5. The molecule has 1 aliphatic rings. The Morgan fingerprint density at radius 3 is 2.70 bits per heavy atom. The molecule has 0 atom stereocenters. The third-order valence-corrected chi connectivity index (χ3v) is 4.01. The van der Waals surface area contributed by atoms with Gasteiger partial charge in [0.15, 0.2) is 5.11 Å². The van der Waals surface area contributed by atoms with Gasteiger partial charge in [-0.2, -0.15) is 0 Å². The van der Waals surface area contributed by atoms with Gasteiger partial charge in [0.1, 0.15) is 11.7 Å². The zero-order valence-electron chi connectivity index (χ0n) is 12.8. The Kier molecular flexibility index (Phi) is 4.34. The lowest BCUT2D eigenvalue weighted by Gasteiger charge is -2.17. The largest absolute Gasteiger partial charge is 0.374 e. The number of nitrogens with two attached hydrogens (primary N) is 1. The van der Waals surface area contributed by atoms with Gasteiger partial charge in [-0.3, -0.25) is 4.98 Å². The maximum atomic E-state index is 14.5. The Morgan fingerprint density at radius 1 is 1.30 bits per heavy atom. The molecule has 0 radical (unpaired) electrons. The number of hydrogen-bond donors (Lipinski definition) is 2. The Bertz CT molecular complexity index is 787. The van der Waals surface area contributed by atoms with Crippen molar-refractivity contribution in [3.05, 3.63) is 47.5 Å². The van der Waals surface area contributed by atoms with Crippen molar-refractivity contribution in [2.24, 2.45) is 10.7 Å². The van der Waals surface area contributed by atoms with E-state index >= 15 is 0 Å². The van der Waals surface area contributed by atoms with Crippen molar-refractivity contribution >= 4 is 28.9 Å². The van der Waals surface area contributed by atoms with Crippen LogP contribution in [0.15, 0.2) is 35.6 Å². The molecule has 1 aromatic heterocycles. The summed E-state index contributed by atoms with van der Waals surface area (Å²) < 4.78 is 14.5. The number of hydrogen-bond acceptors (Lipinski definition) is 2. The van der Waals surface area contributed by atoms with E-state index in [0.29, 0.717) is 5.84 Å². The zero-order chi connectivity index (χ0) is 16.4. The minimum absolute atomic E-state index is 0.0687. The predicted octanol–water partition coefficient (Wildman–Crippen LogP) is 3.45. The highest BCUT2D eigenvalue weighted by molar-refractivity contribution is 7.80. The highest BCUT2D eigenvalue weighted by Crippen LogP contribution is 2.39. The first-order valence-corrected chi connectivity index (χ1v) is 7.83. The van der Waals surface area contributed by atoms with Gasteiger partial charge in [0.2, 0.25) is 0 Å². The summed E-state index contributed by atoms with van der Waals surface area (Å²) in [5.41, 5.74) is 9.84. The average Bonchev–Trinajstić information content (AvgIpc) is 3.00. The topological polar surface area (TPSA) is 63.3 Å². The van der Waals surface area contributed by atoms with Gasteiger partial charge in [-0.15, -0.1) is 0 Å². The van der Waals surface area contributed by atoms with E-state index in [-0.39, 0.29) is 10.9 Å². The third-order valence-electron chi connectivity index (χ3n) is 3.92. The van der Waals surface area contributed by atoms with Crippen LogP contribution in [0.5, 0.6) is 0 Å². The molecule has 1 aromatic carbocycles. The van der Waals surface area contributed by atoms with Gasteiger partial charge < -0.3 is 11.1 Å². The molecule has 0 aliphatic heterocycles. The van der Waals surface area contributed by atoms with Gasteiger partial charge in [-0.1, -0.05) is 0 Å². The molecule has 3 N–H and O–H groups in total. The van der Waals surface area contributed by atoms with E-state index in [2.05, 4.69) is 15.3 Å². The molecule has 0 spiro atoms. The van der Waals surface area contributed by atoms with Crippen LogP contribution >= 0.6 is 12.2 Å². The van der Waals surface area contributed by atoms with Crippen molar-refractivity contribution < 1.29 is 4.39 Å². The number of aliphatic imine (C=N–C) groups is 1. The Hall–Kier alpha value is -2.34. The Morgan fingerprint density at radius 2 is 2.00 bits per heavy atom. The number of halogens is 1. The second-order valence-electron chi connectivity index (χ2n) is 5.49. The number of rotatable bonds is 2. The normalized spacial score (nSPS) is 13.7. The lowest BCUT2D eigenvalue weighted by molar-refractivity contribution is 0.613. The first kappa shape index (κ1) is 15.6. The second-order valence-corrected chi connectivity index (χ2v) is 5.91. The number of thiocarbonyl (C=S) groups is 1. The SMILES string of the molecule is CC(=NC(N)=S)Nc1c(-c2ccncc2)cc(F)c2c1CCC2. The molecule has 2 aromatic rings. The van der Waals surface area contributed by atoms with Crippen LogP contribution in [0, 0.1) is 5.82 Å². The van der Waals surface area contributed by atoms with Crippen molar-refractivity contribution in [3.63, 3.8) is 0 Å². The van der Waals surface area contributed by atoms with E-state index < -0.39 is 0 Å². The van der Waals surface area contributed by atoms with Gasteiger partial charge in [-0.05, 0) is 73.3 Å². The van der Waals surface area contributed by atoms with Crippen molar-refractivity contribution in [3.8, 4) is 11.1 Å². The van der Waals surface area contributed by atoms with Crippen molar-refractivity contribution in [2.75, 3.05) is 5.32 Å². The van der Waals surface area contributed by atoms with E-state index in [1.165, 1.54) is 0 Å². The van der Waals surface area contributed by atoms with Gasteiger partial charge in [0.05, 0.1) is 5.69 Å². The van der Waals surface area contributed by atoms with Crippen LogP contribution in [-0.4, -0.2) is 15.9 Å². The standard InChI is InChI=1S/C17H17FN4S/c1-10(22-17(19)23)21-16-13-4-2-3-12(13)15(18)9-14(16)11-5-7-20-8-6-11/h5-9H,2-4H2,1H3,(H3,19,21,22,23). The maximum Gasteiger partial charge on any atom is 0.191 e. The van der Waals surface area contributed by atoms with E-state index in [1.807, 2.05) is 12.1 Å². The molecule has 0 saturated heterocycles. The van der Waals surface area contributed by atoms with Crippen LogP contribution in [0.25, 0.3) is 11.1 Å². The quantitative estimate of drug-likeness (QED) is 0.503. The third kappa shape index (κ3) is 3.22. The molecule has 3 rings (SSSR count). The monoisotopic (exact) mass is 328 g/mol. The van der Waals surface area contributed by atoms with Gasteiger partial charge in [0.25, 0.3) is 0 Å². The van der Waals surface area contributed by atoms with E-state index in [4.69, 9.17) is 18.0 Å². The first-order valence-electron chi connectivity index (χ1n) is 7.42. The summed E-state index contributed by atoms with van der Waals surface area (Å²) in [5, 5.41) is 3.33. The van der Waals surface area contributed by atoms with Crippen molar-refractivity contribution in [2.45, 2.75) is 26.2 Å². The second kappa shape index (κ2) is 6.42. The average molecular weight is 328 g/mol. The molecule has 0 amide bonds. The number of amidine groups is 1. The van der Waals surface area contributed by atoms with Crippen molar-refractivity contribution in [1.82, 2.24) is 4.98 Å². The number of pyridine rings is 1. The first-order chi connectivity index (χ1) is 11.1. The Balaban J connectivity index is 2.15. The van der Waals surface area contributed by atoms with Crippen LogP contribution in [0.3, 0.4) is 0 Å². The lowest BCUT2D eigenvalue weighted by atomic mass is 9.97. The van der Waals surface area contributed by atoms with E-state index in [9.17, 15) is 4.39 Å². The number of nitrogens with zero attached hydrogens (tertiary/aromatic N) is 2. The molecular formula is C17H17FN4S. The summed E-state index contributed by atoms with van der Waals surface area (Å²) in [4.78, 5) is 8.09. The minimum Gasteiger partial charge on any atom is -0.374 e. The van der Waals surface area contributed by atoms with Gasteiger partial charge in [-0.25, -0.2) is 9.38 Å². The number of benzene rings is 1. The minimum atomic E-state index is -0.154. The highest BCUT2D eigenvalue weighted by Gasteiger charge is 2.23. The lowest BCUT2D eigenvalue weighted by Crippen LogP contribution is -2.15. The smallest absolute Gasteiger partial charge is 0.191 e. The zero-order valence-corrected chi connectivity index (χ0v) is 13.6. The van der Waals surface area contributed by atoms with E-state index in [0.717, 1.165) is 47.2 Å². The molecule has 4 nitrogen and oxygen atoms in total. The molecule has 23 heavy (non-hydrogen) atoms. The number of fused-ring (bicyclic) bond motifs is 1. The van der Waals surface area contributed by atoms with Gasteiger partial charge in [0, 0.05) is 18.0 Å². The summed E-state index contributed by atoms with van der Waals surface area (Å²) in [7, 11) is 0. The molecule has 0 saturated carbocycles. The predicted molar refractivity (Wildman–Crippen MR) is 95.2 cm³/mol. The molecule has 1 aliphatic carbocycles. The molecule has 6 heteroatoms. The van der Waals surface area contributed by atoms with Crippen LogP contribution < -0.4 is 11.1 Å². The van der Waals surface area contributed by atoms with Crippen LogP contribution in [0.2, 0.25) is 0 Å². The van der Waals surface area contributed by atoms with Gasteiger partial charge >= 0.3 is 0 Å².